The van der Waals surface area contributed by atoms with Crippen LogP contribution in [0, 0.1) is 0 Å². The van der Waals surface area contributed by atoms with E-state index in [1.54, 1.807) is 0 Å². The Bertz CT molecular complexity index is 381. The van der Waals surface area contributed by atoms with Crippen molar-refractivity contribution in [3.63, 3.8) is 0 Å². The number of halogens is 1. The molecule has 1 amide bonds. The van der Waals surface area contributed by atoms with Crippen LogP contribution in [0.2, 0.25) is 5.02 Å². The molecule has 4 heteroatoms. The third-order valence-corrected chi connectivity index (χ3v) is 2.99. The number of amides is 1. The molecule has 0 aliphatic rings. The molecule has 0 aliphatic carbocycles. The summed E-state index contributed by atoms with van der Waals surface area (Å²) in [5.41, 5.74) is 6.70. The normalized spacial score (nSPS) is 14.1. The minimum absolute atomic E-state index is 0.0289. The zero-order chi connectivity index (χ0) is 12.8. The van der Waals surface area contributed by atoms with E-state index < -0.39 is 6.04 Å². The summed E-state index contributed by atoms with van der Waals surface area (Å²) in [6.45, 7) is 3.91. The second kappa shape index (κ2) is 6.62. The van der Waals surface area contributed by atoms with Crippen LogP contribution in [0.15, 0.2) is 24.3 Å². The van der Waals surface area contributed by atoms with Crippen LogP contribution in [0.1, 0.15) is 38.3 Å². The second-order valence-electron chi connectivity index (χ2n) is 4.04. The predicted octanol–water partition coefficient (Wildman–Crippen LogP) is 2.64. The Hall–Kier alpha value is -1.06. The summed E-state index contributed by atoms with van der Waals surface area (Å²) in [6, 6.07) is 7.05. The van der Waals surface area contributed by atoms with Gasteiger partial charge in [-0.05, 0) is 30.5 Å². The first-order chi connectivity index (χ1) is 8.08. The quantitative estimate of drug-likeness (QED) is 0.849. The Kier molecular flexibility index (Phi) is 5.45. The number of benzene rings is 1. The number of hydrogen-bond donors (Lipinski definition) is 2. The average Bonchev–Trinajstić information content (AvgIpc) is 2.34. The maximum atomic E-state index is 11.7. The van der Waals surface area contributed by atoms with Crippen LogP contribution in [0.25, 0.3) is 0 Å². The van der Waals surface area contributed by atoms with Gasteiger partial charge in [-0.3, -0.25) is 4.79 Å². The molecule has 2 atom stereocenters. The molecule has 0 heterocycles. The van der Waals surface area contributed by atoms with Crippen molar-refractivity contribution in [3.8, 4) is 0 Å². The average molecular weight is 255 g/mol. The Morgan fingerprint density at radius 1 is 1.41 bits per heavy atom. The van der Waals surface area contributed by atoms with Crippen molar-refractivity contribution < 1.29 is 4.79 Å². The Morgan fingerprint density at radius 2 is 2.12 bits per heavy atom. The van der Waals surface area contributed by atoms with Gasteiger partial charge in [-0.1, -0.05) is 37.6 Å². The lowest BCUT2D eigenvalue weighted by atomic mass is 10.0. The summed E-state index contributed by atoms with van der Waals surface area (Å²) < 4.78 is 0. The lowest BCUT2D eigenvalue weighted by molar-refractivity contribution is -0.123. The maximum Gasteiger partial charge on any atom is 0.237 e. The van der Waals surface area contributed by atoms with Crippen LogP contribution >= 0.6 is 11.6 Å². The van der Waals surface area contributed by atoms with Crippen LogP contribution in [-0.2, 0) is 4.79 Å². The molecule has 0 fully saturated rings. The van der Waals surface area contributed by atoms with Crippen LogP contribution < -0.4 is 11.1 Å². The molecular formula is C13H19ClN2O. The van der Waals surface area contributed by atoms with E-state index in [1.807, 2.05) is 38.1 Å². The zero-order valence-corrected chi connectivity index (χ0v) is 11.0. The van der Waals surface area contributed by atoms with Gasteiger partial charge in [0.05, 0.1) is 12.1 Å². The van der Waals surface area contributed by atoms with Crippen molar-refractivity contribution in [2.45, 2.75) is 38.8 Å². The van der Waals surface area contributed by atoms with E-state index >= 15 is 0 Å². The van der Waals surface area contributed by atoms with E-state index in [0.717, 1.165) is 12.0 Å². The molecule has 0 radical (unpaired) electrons. The second-order valence-corrected chi connectivity index (χ2v) is 4.48. The summed E-state index contributed by atoms with van der Waals surface area (Å²) in [5, 5.41) is 3.61. The standard InChI is InChI=1S/C13H19ClN2O/c1-3-11(15)13(17)16-12(4-2)9-6-5-7-10(14)8-9/h5-8,11-12H,3-4,15H2,1-2H3,(H,16,17)/t11-,12?/m0/s1. The Balaban J connectivity index is 2.75. The molecule has 94 valence electrons. The lowest BCUT2D eigenvalue weighted by Crippen LogP contribution is -2.41. The lowest BCUT2D eigenvalue weighted by Gasteiger charge is -2.19. The molecule has 0 aromatic heterocycles. The maximum absolute atomic E-state index is 11.7. The van der Waals surface area contributed by atoms with Gasteiger partial charge in [-0.25, -0.2) is 0 Å². The van der Waals surface area contributed by atoms with Gasteiger partial charge < -0.3 is 11.1 Å². The molecule has 1 aromatic rings. The zero-order valence-electron chi connectivity index (χ0n) is 10.2. The van der Waals surface area contributed by atoms with E-state index in [2.05, 4.69) is 5.32 Å². The number of nitrogens with two attached hydrogens (primary N) is 1. The first-order valence-corrected chi connectivity index (χ1v) is 6.27. The summed E-state index contributed by atoms with van der Waals surface area (Å²) in [6.07, 6.45) is 1.44. The fourth-order valence-electron chi connectivity index (χ4n) is 1.61. The highest BCUT2D eigenvalue weighted by Gasteiger charge is 2.16. The molecule has 0 spiro atoms. The van der Waals surface area contributed by atoms with Crippen LogP contribution in [0.3, 0.4) is 0 Å². The molecule has 17 heavy (non-hydrogen) atoms. The van der Waals surface area contributed by atoms with Gasteiger partial charge in [-0.2, -0.15) is 0 Å². The predicted molar refractivity (Wildman–Crippen MR) is 70.9 cm³/mol. The van der Waals surface area contributed by atoms with E-state index in [0.29, 0.717) is 11.4 Å². The largest absolute Gasteiger partial charge is 0.348 e. The minimum Gasteiger partial charge on any atom is -0.348 e. The number of carbonyl (C=O) groups is 1. The summed E-state index contributed by atoms with van der Waals surface area (Å²) in [5.74, 6) is -0.112. The molecule has 3 nitrogen and oxygen atoms in total. The molecule has 1 aromatic carbocycles. The molecule has 0 aliphatic heterocycles. The monoisotopic (exact) mass is 254 g/mol. The fourth-order valence-corrected chi connectivity index (χ4v) is 1.81. The van der Waals surface area contributed by atoms with Crippen LogP contribution in [0.5, 0.6) is 0 Å². The van der Waals surface area contributed by atoms with Crippen molar-refractivity contribution in [2.75, 3.05) is 0 Å². The summed E-state index contributed by atoms with van der Waals surface area (Å²) >= 11 is 5.93. The van der Waals surface area contributed by atoms with E-state index in [-0.39, 0.29) is 11.9 Å². The highest BCUT2D eigenvalue weighted by molar-refractivity contribution is 6.30. The van der Waals surface area contributed by atoms with Crippen LogP contribution in [0.4, 0.5) is 0 Å². The first kappa shape index (κ1) is 14.0. The van der Waals surface area contributed by atoms with E-state index in [4.69, 9.17) is 17.3 Å². The molecular weight excluding hydrogens is 236 g/mol. The van der Waals surface area contributed by atoms with Crippen molar-refractivity contribution in [1.29, 1.82) is 0 Å². The van der Waals surface area contributed by atoms with Crippen molar-refractivity contribution >= 4 is 17.5 Å². The Morgan fingerprint density at radius 3 is 2.65 bits per heavy atom. The van der Waals surface area contributed by atoms with Gasteiger partial charge in [0.1, 0.15) is 0 Å². The van der Waals surface area contributed by atoms with Crippen LogP contribution in [-0.4, -0.2) is 11.9 Å². The Labute approximate surface area is 107 Å². The van der Waals surface area contributed by atoms with Gasteiger partial charge in [0.2, 0.25) is 5.91 Å². The van der Waals surface area contributed by atoms with Gasteiger partial charge >= 0.3 is 0 Å². The van der Waals surface area contributed by atoms with E-state index in [9.17, 15) is 4.79 Å². The first-order valence-electron chi connectivity index (χ1n) is 5.89. The molecule has 0 saturated carbocycles. The topological polar surface area (TPSA) is 55.1 Å². The number of nitrogens with one attached hydrogen (secondary N) is 1. The number of carbonyl (C=O) groups excluding carboxylic acids is 1. The third kappa shape index (κ3) is 4.02. The summed E-state index contributed by atoms with van der Waals surface area (Å²) in [4.78, 5) is 11.7. The van der Waals surface area contributed by atoms with Crippen molar-refractivity contribution in [2.24, 2.45) is 5.73 Å². The fraction of sp³-hybridized carbons (Fsp3) is 0.462. The molecule has 1 rings (SSSR count). The van der Waals surface area contributed by atoms with E-state index in [1.165, 1.54) is 0 Å². The van der Waals surface area contributed by atoms with Gasteiger partial charge in [0.25, 0.3) is 0 Å². The van der Waals surface area contributed by atoms with Gasteiger partial charge in [-0.15, -0.1) is 0 Å². The molecule has 3 N–H and O–H groups in total. The number of hydrogen-bond acceptors (Lipinski definition) is 2. The molecule has 0 bridgehead atoms. The number of rotatable bonds is 5. The SMILES string of the molecule is CCC(NC(=O)[C@@H](N)CC)c1cccc(Cl)c1. The minimum atomic E-state index is -0.441. The van der Waals surface area contributed by atoms with Gasteiger partial charge in [0.15, 0.2) is 0 Å². The van der Waals surface area contributed by atoms with Gasteiger partial charge in [0, 0.05) is 5.02 Å². The molecule has 1 unspecified atom stereocenters. The highest BCUT2D eigenvalue weighted by Crippen LogP contribution is 2.20. The van der Waals surface area contributed by atoms with Crippen molar-refractivity contribution in [3.05, 3.63) is 34.9 Å². The summed E-state index contributed by atoms with van der Waals surface area (Å²) in [7, 11) is 0. The smallest absolute Gasteiger partial charge is 0.237 e. The molecule has 0 saturated heterocycles. The van der Waals surface area contributed by atoms with Crippen molar-refractivity contribution in [1.82, 2.24) is 5.32 Å². The third-order valence-electron chi connectivity index (χ3n) is 2.75. The highest BCUT2D eigenvalue weighted by atomic mass is 35.5.